The lowest BCUT2D eigenvalue weighted by Crippen LogP contribution is -2.33. The number of aromatic nitrogens is 4. The van der Waals surface area contributed by atoms with Crippen molar-refractivity contribution >= 4 is 5.65 Å². The third-order valence-electron chi connectivity index (χ3n) is 5.06. The molecular formula is C19H23N5. The van der Waals surface area contributed by atoms with E-state index in [0.29, 0.717) is 5.92 Å². The van der Waals surface area contributed by atoms with E-state index in [1.807, 2.05) is 36.1 Å². The molecule has 0 bridgehead atoms. The number of hydrogen-bond acceptors (Lipinski definition) is 4. The van der Waals surface area contributed by atoms with Gasteiger partial charge in [-0.2, -0.15) is 5.10 Å². The highest BCUT2D eigenvalue weighted by Gasteiger charge is 2.23. The molecule has 0 amide bonds. The van der Waals surface area contributed by atoms with Crippen LogP contribution in [0.4, 0.5) is 0 Å². The van der Waals surface area contributed by atoms with Crippen molar-refractivity contribution in [2.24, 2.45) is 0 Å². The molecule has 1 fully saturated rings. The van der Waals surface area contributed by atoms with Gasteiger partial charge in [-0.1, -0.05) is 0 Å². The van der Waals surface area contributed by atoms with Gasteiger partial charge in [0.25, 0.3) is 0 Å². The summed E-state index contributed by atoms with van der Waals surface area (Å²) in [6, 6.07) is 6.27. The van der Waals surface area contributed by atoms with Crippen LogP contribution in [0.2, 0.25) is 0 Å². The van der Waals surface area contributed by atoms with Crippen LogP contribution in [0, 0.1) is 13.8 Å². The van der Waals surface area contributed by atoms with Gasteiger partial charge in [-0.15, -0.1) is 0 Å². The number of hydrogen-bond donors (Lipinski definition) is 0. The summed E-state index contributed by atoms with van der Waals surface area (Å²) in [4.78, 5) is 11.2. The van der Waals surface area contributed by atoms with Crippen LogP contribution >= 0.6 is 0 Å². The van der Waals surface area contributed by atoms with Crippen molar-refractivity contribution < 1.29 is 0 Å². The van der Waals surface area contributed by atoms with E-state index in [-0.39, 0.29) is 0 Å². The van der Waals surface area contributed by atoms with Gasteiger partial charge in [0, 0.05) is 42.8 Å². The summed E-state index contributed by atoms with van der Waals surface area (Å²) in [5, 5.41) is 4.62. The number of nitrogens with zero attached hydrogens (tertiary/aromatic N) is 5. The molecule has 3 aromatic rings. The maximum Gasteiger partial charge on any atom is 0.155 e. The predicted molar refractivity (Wildman–Crippen MR) is 94.0 cm³/mol. The van der Waals surface area contributed by atoms with Crippen LogP contribution in [0.15, 0.2) is 36.8 Å². The average molecular weight is 321 g/mol. The highest BCUT2D eigenvalue weighted by Crippen LogP contribution is 2.29. The molecule has 4 heterocycles. The second-order valence-electron chi connectivity index (χ2n) is 6.78. The molecule has 5 nitrogen and oxygen atoms in total. The highest BCUT2D eigenvalue weighted by molar-refractivity contribution is 5.40. The first-order valence-corrected chi connectivity index (χ1v) is 8.64. The Balaban J connectivity index is 1.47. The Morgan fingerprint density at radius 2 is 1.96 bits per heavy atom. The molecule has 0 atom stereocenters. The summed E-state index contributed by atoms with van der Waals surface area (Å²) in [7, 11) is 0. The molecule has 1 aliphatic heterocycles. The Morgan fingerprint density at radius 1 is 1.12 bits per heavy atom. The molecule has 24 heavy (non-hydrogen) atoms. The zero-order chi connectivity index (χ0) is 16.5. The van der Waals surface area contributed by atoms with Gasteiger partial charge in [0.2, 0.25) is 0 Å². The third-order valence-corrected chi connectivity index (χ3v) is 5.06. The summed E-state index contributed by atoms with van der Waals surface area (Å²) in [5.74, 6) is 0.557. The second-order valence-corrected chi connectivity index (χ2v) is 6.78. The molecule has 0 unspecified atom stereocenters. The van der Waals surface area contributed by atoms with Crippen molar-refractivity contribution in [1.82, 2.24) is 24.5 Å². The molecule has 0 aliphatic carbocycles. The minimum Gasteiger partial charge on any atom is -0.299 e. The van der Waals surface area contributed by atoms with E-state index in [0.717, 1.165) is 43.8 Å². The van der Waals surface area contributed by atoms with Gasteiger partial charge >= 0.3 is 0 Å². The van der Waals surface area contributed by atoms with E-state index >= 15 is 0 Å². The monoisotopic (exact) mass is 321 g/mol. The van der Waals surface area contributed by atoms with E-state index in [2.05, 4.69) is 39.0 Å². The normalized spacial score (nSPS) is 16.8. The van der Waals surface area contributed by atoms with Crippen LogP contribution in [0.1, 0.15) is 41.3 Å². The zero-order valence-electron chi connectivity index (χ0n) is 14.3. The van der Waals surface area contributed by atoms with Crippen LogP contribution in [-0.4, -0.2) is 37.6 Å². The molecule has 1 aliphatic rings. The van der Waals surface area contributed by atoms with E-state index in [9.17, 15) is 0 Å². The molecule has 4 rings (SSSR count). The maximum absolute atomic E-state index is 4.62. The standard InChI is InChI=1S/C19H23N5/c1-14-3-7-20-12-17(14)13-23-9-5-16(6-10-23)18-4-8-21-19-11-15(2)22-24(18)19/h3-4,7-8,11-12,16H,5-6,9-10,13H2,1-2H3. The predicted octanol–water partition coefficient (Wildman–Crippen LogP) is 3.12. The van der Waals surface area contributed by atoms with Crippen LogP contribution in [-0.2, 0) is 6.54 Å². The average Bonchev–Trinajstić information content (AvgIpc) is 2.98. The minimum absolute atomic E-state index is 0.557. The smallest absolute Gasteiger partial charge is 0.155 e. The molecule has 3 aromatic heterocycles. The fourth-order valence-electron chi connectivity index (χ4n) is 3.63. The van der Waals surface area contributed by atoms with Gasteiger partial charge in [-0.25, -0.2) is 9.50 Å². The van der Waals surface area contributed by atoms with Crippen LogP contribution in [0.3, 0.4) is 0 Å². The van der Waals surface area contributed by atoms with Gasteiger partial charge < -0.3 is 0 Å². The molecule has 1 saturated heterocycles. The lowest BCUT2D eigenvalue weighted by molar-refractivity contribution is 0.202. The largest absolute Gasteiger partial charge is 0.299 e. The molecule has 0 radical (unpaired) electrons. The van der Waals surface area contributed by atoms with Gasteiger partial charge in [-0.3, -0.25) is 9.88 Å². The van der Waals surface area contributed by atoms with Gasteiger partial charge in [0.1, 0.15) is 0 Å². The summed E-state index contributed by atoms with van der Waals surface area (Å²) in [6.07, 6.45) is 8.11. The number of rotatable bonds is 3. The zero-order valence-corrected chi connectivity index (χ0v) is 14.3. The first kappa shape index (κ1) is 15.3. The van der Waals surface area contributed by atoms with Gasteiger partial charge in [-0.05, 0) is 63.0 Å². The summed E-state index contributed by atoms with van der Waals surface area (Å²) in [5.41, 5.74) is 5.95. The van der Waals surface area contributed by atoms with E-state index in [1.165, 1.54) is 16.8 Å². The molecule has 124 valence electrons. The van der Waals surface area contributed by atoms with Crippen LogP contribution in [0.25, 0.3) is 5.65 Å². The molecular weight excluding hydrogens is 298 g/mol. The van der Waals surface area contributed by atoms with E-state index in [4.69, 9.17) is 0 Å². The van der Waals surface area contributed by atoms with Crippen molar-refractivity contribution in [3.63, 3.8) is 0 Å². The fraction of sp³-hybridized carbons (Fsp3) is 0.421. The maximum atomic E-state index is 4.62. The minimum atomic E-state index is 0.557. The Bertz CT molecular complexity index is 846. The number of likely N-dealkylation sites (tertiary alicyclic amines) is 1. The van der Waals surface area contributed by atoms with Gasteiger partial charge in [0.05, 0.1) is 5.69 Å². The molecule has 0 aromatic carbocycles. The van der Waals surface area contributed by atoms with Gasteiger partial charge in [0.15, 0.2) is 5.65 Å². The van der Waals surface area contributed by atoms with Crippen molar-refractivity contribution in [2.75, 3.05) is 13.1 Å². The number of aryl methyl sites for hydroxylation is 2. The first-order valence-electron chi connectivity index (χ1n) is 8.64. The third kappa shape index (κ3) is 2.91. The molecule has 5 heteroatoms. The first-order chi connectivity index (χ1) is 11.7. The summed E-state index contributed by atoms with van der Waals surface area (Å²) in [6.45, 7) is 7.42. The van der Waals surface area contributed by atoms with Crippen molar-refractivity contribution in [2.45, 2.75) is 39.2 Å². The summed E-state index contributed by atoms with van der Waals surface area (Å²) >= 11 is 0. The Morgan fingerprint density at radius 3 is 2.75 bits per heavy atom. The number of piperidine rings is 1. The number of fused-ring (bicyclic) bond motifs is 1. The van der Waals surface area contributed by atoms with Crippen molar-refractivity contribution in [1.29, 1.82) is 0 Å². The molecule has 0 spiro atoms. The van der Waals surface area contributed by atoms with Crippen LogP contribution < -0.4 is 0 Å². The lowest BCUT2D eigenvalue weighted by Gasteiger charge is -2.32. The lowest BCUT2D eigenvalue weighted by atomic mass is 9.93. The molecule has 0 N–H and O–H groups in total. The summed E-state index contributed by atoms with van der Waals surface area (Å²) < 4.78 is 2.03. The SMILES string of the molecule is Cc1cc2nccc(C3CCN(Cc4cnccc4C)CC3)n2n1. The second kappa shape index (κ2) is 6.32. The van der Waals surface area contributed by atoms with Crippen LogP contribution in [0.5, 0.6) is 0 Å². The molecule has 0 saturated carbocycles. The van der Waals surface area contributed by atoms with Crippen molar-refractivity contribution in [3.05, 3.63) is 59.3 Å². The topological polar surface area (TPSA) is 46.3 Å². The Hall–Kier alpha value is -2.27. The quantitative estimate of drug-likeness (QED) is 0.743. The van der Waals surface area contributed by atoms with E-state index < -0.39 is 0 Å². The van der Waals surface area contributed by atoms with Crippen molar-refractivity contribution in [3.8, 4) is 0 Å². The Kier molecular flexibility index (Phi) is 4.02. The Labute approximate surface area is 142 Å². The highest BCUT2D eigenvalue weighted by atomic mass is 15.3. The fourth-order valence-corrected chi connectivity index (χ4v) is 3.63. The number of pyridine rings is 1. The van der Waals surface area contributed by atoms with E-state index in [1.54, 1.807) is 0 Å².